The fourth-order valence-electron chi connectivity index (χ4n) is 2.73. The van der Waals surface area contributed by atoms with Gasteiger partial charge in [-0.1, -0.05) is 48.5 Å². The number of hydrogen-bond donors (Lipinski definition) is 1. The van der Waals surface area contributed by atoms with E-state index in [0.29, 0.717) is 11.3 Å². The molecular formula is C20H21NO3. The SMILES string of the molecule is CC(C)(C)OC(=O)N1c2ccccc2/C(=C/c2ccccc2)C1O. The van der Waals surface area contributed by atoms with Crippen molar-refractivity contribution in [2.24, 2.45) is 0 Å². The molecule has 2 aromatic carbocycles. The van der Waals surface area contributed by atoms with Crippen molar-refractivity contribution < 1.29 is 14.6 Å². The molecule has 0 spiro atoms. The van der Waals surface area contributed by atoms with Gasteiger partial charge in [-0.05, 0) is 38.5 Å². The number of rotatable bonds is 1. The molecule has 1 heterocycles. The summed E-state index contributed by atoms with van der Waals surface area (Å²) < 4.78 is 5.45. The molecule has 1 N–H and O–H groups in total. The number of fused-ring (bicyclic) bond motifs is 1. The van der Waals surface area contributed by atoms with Crippen molar-refractivity contribution in [1.29, 1.82) is 0 Å². The summed E-state index contributed by atoms with van der Waals surface area (Å²) in [6.45, 7) is 5.42. The molecule has 4 nitrogen and oxygen atoms in total. The molecule has 0 radical (unpaired) electrons. The number of para-hydroxylation sites is 1. The Labute approximate surface area is 142 Å². The Balaban J connectivity index is 2.02. The van der Waals surface area contributed by atoms with E-state index in [9.17, 15) is 9.90 Å². The first-order chi connectivity index (χ1) is 11.4. The number of anilines is 1. The monoisotopic (exact) mass is 323 g/mol. The lowest BCUT2D eigenvalue weighted by Gasteiger charge is -2.26. The van der Waals surface area contributed by atoms with E-state index in [4.69, 9.17) is 4.74 Å². The molecule has 0 saturated carbocycles. The third-order valence-corrected chi connectivity index (χ3v) is 3.71. The normalized spacial score (nSPS) is 18.6. The van der Waals surface area contributed by atoms with Gasteiger partial charge in [-0.2, -0.15) is 0 Å². The van der Waals surface area contributed by atoms with E-state index >= 15 is 0 Å². The first-order valence-electron chi connectivity index (χ1n) is 7.93. The highest BCUT2D eigenvalue weighted by molar-refractivity contribution is 6.04. The van der Waals surface area contributed by atoms with Crippen LogP contribution < -0.4 is 4.90 Å². The highest BCUT2D eigenvalue weighted by Crippen LogP contribution is 2.40. The number of aliphatic hydroxyl groups is 1. The molecule has 3 rings (SSSR count). The molecule has 1 aliphatic heterocycles. The molecule has 0 saturated heterocycles. The average Bonchev–Trinajstić information content (AvgIpc) is 2.79. The van der Waals surface area contributed by atoms with Gasteiger partial charge in [0.25, 0.3) is 0 Å². The van der Waals surface area contributed by atoms with Gasteiger partial charge in [0, 0.05) is 11.1 Å². The van der Waals surface area contributed by atoms with Crippen molar-refractivity contribution in [3.63, 3.8) is 0 Å². The molecule has 1 aliphatic rings. The lowest BCUT2D eigenvalue weighted by molar-refractivity contribution is 0.0522. The van der Waals surface area contributed by atoms with Crippen LogP contribution in [0.2, 0.25) is 0 Å². The number of aliphatic hydroxyl groups excluding tert-OH is 1. The van der Waals surface area contributed by atoms with Crippen LogP contribution in [0, 0.1) is 0 Å². The molecule has 1 atom stereocenters. The number of carbonyl (C=O) groups is 1. The summed E-state index contributed by atoms with van der Waals surface area (Å²) in [5.74, 6) is 0. The summed E-state index contributed by atoms with van der Waals surface area (Å²) in [6, 6.07) is 17.2. The third-order valence-electron chi connectivity index (χ3n) is 3.71. The van der Waals surface area contributed by atoms with Crippen LogP contribution in [0.3, 0.4) is 0 Å². The fraction of sp³-hybridized carbons (Fsp3) is 0.250. The van der Waals surface area contributed by atoms with Gasteiger partial charge in [-0.15, -0.1) is 0 Å². The number of amides is 1. The molecule has 1 amide bonds. The molecule has 0 aliphatic carbocycles. The number of carbonyl (C=O) groups excluding carboxylic acids is 1. The van der Waals surface area contributed by atoms with Crippen LogP contribution in [-0.2, 0) is 4.74 Å². The summed E-state index contributed by atoms with van der Waals surface area (Å²) in [6.07, 6.45) is 0.268. The van der Waals surface area contributed by atoms with Gasteiger partial charge in [0.15, 0.2) is 6.23 Å². The summed E-state index contributed by atoms with van der Waals surface area (Å²) in [4.78, 5) is 13.8. The molecule has 2 aromatic rings. The van der Waals surface area contributed by atoms with Gasteiger partial charge in [0.2, 0.25) is 0 Å². The minimum Gasteiger partial charge on any atom is -0.443 e. The maximum atomic E-state index is 12.5. The van der Waals surface area contributed by atoms with Crippen LogP contribution in [0.4, 0.5) is 10.5 Å². The molecule has 1 unspecified atom stereocenters. The first-order valence-corrected chi connectivity index (χ1v) is 7.93. The minimum absolute atomic E-state index is 0.557. The lowest BCUT2D eigenvalue weighted by Crippen LogP contribution is -2.41. The Morgan fingerprint density at radius 2 is 1.71 bits per heavy atom. The topological polar surface area (TPSA) is 49.8 Å². The maximum absolute atomic E-state index is 12.5. The van der Waals surface area contributed by atoms with Crippen molar-refractivity contribution in [3.05, 3.63) is 65.7 Å². The molecule has 124 valence electrons. The standard InChI is InChI=1S/C20H21NO3/c1-20(2,3)24-19(23)21-17-12-8-7-11-15(17)16(18(21)22)13-14-9-5-4-6-10-14/h4-13,18,22H,1-3H3/b16-13-. The van der Waals surface area contributed by atoms with Gasteiger partial charge < -0.3 is 9.84 Å². The smallest absolute Gasteiger partial charge is 0.417 e. The number of benzene rings is 2. The number of nitrogens with zero attached hydrogens (tertiary/aromatic N) is 1. The van der Waals surface area contributed by atoms with Crippen molar-refractivity contribution in [2.75, 3.05) is 4.90 Å². The van der Waals surface area contributed by atoms with E-state index in [2.05, 4.69) is 0 Å². The molecule has 24 heavy (non-hydrogen) atoms. The van der Waals surface area contributed by atoms with Gasteiger partial charge in [0.1, 0.15) is 5.60 Å². The van der Waals surface area contributed by atoms with Gasteiger partial charge in [-0.3, -0.25) is 0 Å². The minimum atomic E-state index is -1.07. The first kappa shape index (κ1) is 16.3. The summed E-state index contributed by atoms with van der Waals surface area (Å²) in [7, 11) is 0. The zero-order valence-corrected chi connectivity index (χ0v) is 14.1. The van der Waals surface area contributed by atoms with Crippen LogP contribution >= 0.6 is 0 Å². The predicted molar refractivity (Wildman–Crippen MR) is 95.5 cm³/mol. The highest BCUT2D eigenvalue weighted by atomic mass is 16.6. The van der Waals surface area contributed by atoms with Crippen molar-refractivity contribution >= 4 is 23.4 Å². The van der Waals surface area contributed by atoms with Crippen LogP contribution in [0.5, 0.6) is 0 Å². The predicted octanol–water partition coefficient (Wildman–Crippen LogP) is 4.30. The Bertz CT molecular complexity index is 775. The number of hydrogen-bond acceptors (Lipinski definition) is 3. The molecule has 4 heteroatoms. The highest BCUT2D eigenvalue weighted by Gasteiger charge is 2.38. The van der Waals surface area contributed by atoms with E-state index in [1.54, 1.807) is 20.8 Å². The van der Waals surface area contributed by atoms with Gasteiger partial charge in [0.05, 0.1) is 5.69 Å². The van der Waals surface area contributed by atoms with Crippen molar-refractivity contribution in [1.82, 2.24) is 0 Å². The fourth-order valence-corrected chi connectivity index (χ4v) is 2.73. The van der Waals surface area contributed by atoms with E-state index in [1.807, 2.05) is 60.7 Å². The second kappa shape index (κ2) is 6.13. The van der Waals surface area contributed by atoms with Crippen LogP contribution in [0.1, 0.15) is 31.9 Å². The van der Waals surface area contributed by atoms with E-state index in [0.717, 1.165) is 11.1 Å². The van der Waals surface area contributed by atoms with E-state index in [-0.39, 0.29) is 0 Å². The molecule has 0 fully saturated rings. The Kier molecular flexibility index (Phi) is 4.16. The second-order valence-corrected chi connectivity index (χ2v) is 6.75. The lowest BCUT2D eigenvalue weighted by atomic mass is 10.0. The van der Waals surface area contributed by atoms with Crippen LogP contribution in [0.25, 0.3) is 11.6 Å². The Morgan fingerprint density at radius 3 is 2.38 bits per heavy atom. The summed E-state index contributed by atoms with van der Waals surface area (Å²) in [5.41, 5.74) is 2.51. The van der Waals surface area contributed by atoms with Crippen LogP contribution in [-0.4, -0.2) is 23.0 Å². The number of ether oxygens (including phenoxy) is 1. The van der Waals surface area contributed by atoms with Crippen LogP contribution in [0.15, 0.2) is 54.6 Å². The molecule has 0 bridgehead atoms. The summed E-state index contributed by atoms with van der Waals surface area (Å²) in [5, 5.41) is 10.8. The van der Waals surface area contributed by atoms with Gasteiger partial charge in [-0.25, -0.2) is 9.69 Å². The molecular weight excluding hydrogens is 302 g/mol. The second-order valence-electron chi connectivity index (χ2n) is 6.75. The zero-order chi connectivity index (χ0) is 17.3. The van der Waals surface area contributed by atoms with Crippen molar-refractivity contribution in [2.45, 2.75) is 32.6 Å². The largest absolute Gasteiger partial charge is 0.443 e. The zero-order valence-electron chi connectivity index (χ0n) is 14.1. The summed E-state index contributed by atoms with van der Waals surface area (Å²) >= 11 is 0. The average molecular weight is 323 g/mol. The van der Waals surface area contributed by atoms with E-state index in [1.165, 1.54) is 4.90 Å². The third kappa shape index (κ3) is 3.19. The Hall–Kier alpha value is -2.59. The Morgan fingerprint density at radius 1 is 1.08 bits per heavy atom. The van der Waals surface area contributed by atoms with E-state index < -0.39 is 17.9 Å². The van der Waals surface area contributed by atoms with Crippen molar-refractivity contribution in [3.8, 4) is 0 Å². The van der Waals surface area contributed by atoms with Gasteiger partial charge >= 0.3 is 6.09 Å². The molecule has 0 aromatic heterocycles. The quantitative estimate of drug-likeness (QED) is 0.851. The maximum Gasteiger partial charge on any atom is 0.417 e.